The summed E-state index contributed by atoms with van der Waals surface area (Å²) in [4.78, 5) is 12.7. The average Bonchev–Trinajstić information content (AvgIpc) is 3.23. The Balaban J connectivity index is 1.48. The predicted molar refractivity (Wildman–Crippen MR) is 119 cm³/mol. The maximum Gasteiger partial charge on any atom is 0.347 e. The lowest BCUT2D eigenvalue weighted by molar-refractivity contribution is 0.252. The molecule has 0 aliphatic heterocycles. The standard InChI is InChI=1S/C25H16N4O2/c26-15-17-9-12-22-18(13-17)5-4-8-24(22)31-21-11-10-19-16-27-29(23(19)14-21)25(30)28-20-6-2-1-3-7-20/h1-14,16H,(H,28,30). The number of carbonyl (C=O) groups is 1. The van der Waals surface area contributed by atoms with Gasteiger partial charge in [0, 0.05) is 22.5 Å². The van der Waals surface area contributed by atoms with Gasteiger partial charge >= 0.3 is 6.03 Å². The first-order valence-electron chi connectivity index (χ1n) is 9.66. The number of anilines is 1. The number of hydrogen-bond acceptors (Lipinski definition) is 4. The van der Waals surface area contributed by atoms with Crippen LogP contribution in [0.15, 0.2) is 91.1 Å². The highest BCUT2D eigenvalue weighted by Gasteiger charge is 2.13. The molecule has 1 aromatic heterocycles. The lowest BCUT2D eigenvalue weighted by atomic mass is 10.1. The monoisotopic (exact) mass is 404 g/mol. The molecule has 0 saturated heterocycles. The summed E-state index contributed by atoms with van der Waals surface area (Å²) < 4.78 is 7.46. The fourth-order valence-electron chi connectivity index (χ4n) is 3.46. The normalized spacial score (nSPS) is 10.7. The number of benzene rings is 4. The fraction of sp³-hybridized carbons (Fsp3) is 0. The average molecular weight is 404 g/mol. The largest absolute Gasteiger partial charge is 0.457 e. The van der Waals surface area contributed by atoms with E-state index in [-0.39, 0.29) is 6.03 Å². The highest BCUT2D eigenvalue weighted by atomic mass is 16.5. The lowest BCUT2D eigenvalue weighted by Crippen LogP contribution is -2.20. The summed E-state index contributed by atoms with van der Waals surface area (Å²) in [5.41, 5.74) is 1.92. The number of fused-ring (bicyclic) bond motifs is 2. The summed E-state index contributed by atoms with van der Waals surface area (Å²) in [6, 6.07) is 27.7. The molecule has 4 aromatic carbocycles. The quantitative estimate of drug-likeness (QED) is 0.404. The van der Waals surface area contributed by atoms with E-state index in [4.69, 9.17) is 10.00 Å². The Bertz CT molecular complexity index is 1470. The molecule has 6 nitrogen and oxygen atoms in total. The van der Waals surface area contributed by atoms with Crippen molar-refractivity contribution in [3.8, 4) is 17.6 Å². The Kier molecular flexibility index (Phi) is 4.54. The van der Waals surface area contributed by atoms with Gasteiger partial charge in [0.1, 0.15) is 11.5 Å². The third-order valence-corrected chi connectivity index (χ3v) is 4.96. The fourth-order valence-corrected chi connectivity index (χ4v) is 3.46. The van der Waals surface area contributed by atoms with Crippen molar-refractivity contribution in [2.45, 2.75) is 0 Å². The van der Waals surface area contributed by atoms with E-state index in [2.05, 4.69) is 16.5 Å². The molecule has 1 heterocycles. The number of nitrogens with one attached hydrogen (secondary N) is 1. The molecule has 6 heteroatoms. The summed E-state index contributed by atoms with van der Waals surface area (Å²) >= 11 is 0. The zero-order valence-corrected chi connectivity index (χ0v) is 16.3. The molecule has 0 bridgehead atoms. The van der Waals surface area contributed by atoms with E-state index in [9.17, 15) is 4.79 Å². The van der Waals surface area contributed by atoms with Crippen LogP contribution in [0.4, 0.5) is 10.5 Å². The minimum Gasteiger partial charge on any atom is -0.457 e. The van der Waals surface area contributed by atoms with E-state index in [1.807, 2.05) is 72.8 Å². The van der Waals surface area contributed by atoms with Crippen LogP contribution in [0.1, 0.15) is 5.56 Å². The van der Waals surface area contributed by atoms with Gasteiger partial charge in [-0.15, -0.1) is 0 Å². The Labute approximate surface area is 177 Å². The summed E-state index contributed by atoms with van der Waals surface area (Å²) in [7, 11) is 0. The van der Waals surface area contributed by atoms with Crippen molar-refractivity contribution in [1.29, 1.82) is 5.26 Å². The summed E-state index contributed by atoms with van der Waals surface area (Å²) in [5, 5.41) is 18.8. The molecule has 0 unspecified atom stereocenters. The number of para-hydroxylation sites is 1. The van der Waals surface area contributed by atoms with Gasteiger partial charge in [-0.3, -0.25) is 0 Å². The first kappa shape index (κ1) is 18.4. The van der Waals surface area contributed by atoms with Gasteiger partial charge in [0.05, 0.1) is 23.3 Å². The van der Waals surface area contributed by atoms with Crippen LogP contribution < -0.4 is 10.1 Å². The lowest BCUT2D eigenvalue weighted by Gasteiger charge is -2.10. The first-order chi connectivity index (χ1) is 15.2. The van der Waals surface area contributed by atoms with Gasteiger partial charge in [-0.25, -0.2) is 4.79 Å². The molecule has 0 spiro atoms. The Morgan fingerprint density at radius 3 is 2.65 bits per heavy atom. The van der Waals surface area contributed by atoms with Gasteiger partial charge in [0.15, 0.2) is 0 Å². The van der Waals surface area contributed by atoms with E-state index >= 15 is 0 Å². The van der Waals surface area contributed by atoms with E-state index in [0.29, 0.717) is 28.3 Å². The molecule has 0 saturated carbocycles. The molecule has 0 aliphatic carbocycles. The number of ether oxygens (including phenoxy) is 1. The number of hydrogen-bond donors (Lipinski definition) is 1. The Hall–Kier alpha value is -4.63. The van der Waals surface area contributed by atoms with E-state index < -0.39 is 0 Å². The van der Waals surface area contributed by atoms with E-state index in [1.54, 1.807) is 18.3 Å². The van der Waals surface area contributed by atoms with Crippen molar-refractivity contribution in [2.24, 2.45) is 0 Å². The SMILES string of the molecule is N#Cc1ccc2c(Oc3ccc4cnn(C(=O)Nc5ccccc5)c4c3)cccc2c1. The molecule has 5 aromatic rings. The zero-order chi connectivity index (χ0) is 21.2. The second kappa shape index (κ2) is 7.65. The molecule has 31 heavy (non-hydrogen) atoms. The van der Waals surface area contributed by atoms with Crippen molar-refractivity contribution in [3.63, 3.8) is 0 Å². The zero-order valence-electron chi connectivity index (χ0n) is 16.3. The van der Waals surface area contributed by atoms with Gasteiger partial charge in [-0.05, 0) is 53.9 Å². The van der Waals surface area contributed by atoms with Crippen LogP contribution in [0.25, 0.3) is 21.7 Å². The maximum atomic E-state index is 12.7. The van der Waals surface area contributed by atoms with Crippen molar-refractivity contribution < 1.29 is 9.53 Å². The Morgan fingerprint density at radius 1 is 0.935 bits per heavy atom. The number of amides is 1. The van der Waals surface area contributed by atoms with Crippen LogP contribution in [-0.2, 0) is 0 Å². The minimum absolute atomic E-state index is 0.354. The van der Waals surface area contributed by atoms with Crippen molar-refractivity contribution in [3.05, 3.63) is 96.7 Å². The van der Waals surface area contributed by atoms with Crippen LogP contribution in [0.3, 0.4) is 0 Å². The number of nitrogens with zero attached hydrogens (tertiary/aromatic N) is 3. The van der Waals surface area contributed by atoms with Crippen LogP contribution in [0.5, 0.6) is 11.5 Å². The molecule has 0 fully saturated rings. The molecule has 0 atom stereocenters. The number of nitriles is 1. The van der Waals surface area contributed by atoms with Gasteiger partial charge in [0.2, 0.25) is 0 Å². The number of carbonyl (C=O) groups excluding carboxylic acids is 1. The van der Waals surface area contributed by atoms with Crippen LogP contribution >= 0.6 is 0 Å². The van der Waals surface area contributed by atoms with Crippen LogP contribution in [0.2, 0.25) is 0 Å². The molecule has 148 valence electrons. The molecular formula is C25H16N4O2. The number of aromatic nitrogens is 2. The molecule has 0 radical (unpaired) electrons. The molecule has 0 aliphatic rings. The van der Waals surface area contributed by atoms with Crippen LogP contribution in [0, 0.1) is 11.3 Å². The van der Waals surface area contributed by atoms with Crippen molar-refractivity contribution in [2.75, 3.05) is 5.32 Å². The third-order valence-electron chi connectivity index (χ3n) is 4.96. The van der Waals surface area contributed by atoms with Gasteiger partial charge in [-0.1, -0.05) is 30.3 Å². The highest BCUT2D eigenvalue weighted by molar-refractivity contribution is 5.97. The minimum atomic E-state index is -0.354. The summed E-state index contributed by atoms with van der Waals surface area (Å²) in [5.74, 6) is 1.25. The van der Waals surface area contributed by atoms with E-state index in [0.717, 1.165) is 16.2 Å². The smallest absolute Gasteiger partial charge is 0.347 e. The topological polar surface area (TPSA) is 79.9 Å². The molecule has 1 amide bonds. The summed E-state index contributed by atoms with van der Waals surface area (Å²) in [6.07, 6.45) is 1.64. The molecule has 1 N–H and O–H groups in total. The van der Waals surface area contributed by atoms with E-state index in [1.165, 1.54) is 4.68 Å². The first-order valence-corrected chi connectivity index (χ1v) is 9.66. The van der Waals surface area contributed by atoms with Gasteiger partial charge in [-0.2, -0.15) is 15.0 Å². The molecule has 5 rings (SSSR count). The molecular weight excluding hydrogens is 388 g/mol. The van der Waals surface area contributed by atoms with Crippen LogP contribution in [-0.4, -0.2) is 15.8 Å². The summed E-state index contributed by atoms with van der Waals surface area (Å²) in [6.45, 7) is 0. The van der Waals surface area contributed by atoms with Crippen molar-refractivity contribution >= 4 is 33.4 Å². The maximum absolute atomic E-state index is 12.7. The van der Waals surface area contributed by atoms with Crippen molar-refractivity contribution in [1.82, 2.24) is 9.78 Å². The van der Waals surface area contributed by atoms with Gasteiger partial charge < -0.3 is 10.1 Å². The third kappa shape index (κ3) is 3.56. The van der Waals surface area contributed by atoms with Gasteiger partial charge in [0.25, 0.3) is 0 Å². The highest BCUT2D eigenvalue weighted by Crippen LogP contribution is 2.32. The number of rotatable bonds is 3. The second-order valence-corrected chi connectivity index (χ2v) is 6.98. The Morgan fingerprint density at radius 2 is 1.81 bits per heavy atom. The second-order valence-electron chi connectivity index (χ2n) is 6.98. The predicted octanol–water partition coefficient (Wildman–Crippen LogP) is 5.93.